The monoisotopic (exact) mass is 263 g/mol. The van der Waals surface area contributed by atoms with Gasteiger partial charge >= 0.3 is 0 Å². The van der Waals surface area contributed by atoms with Crippen LogP contribution in [0.4, 0.5) is 0 Å². The summed E-state index contributed by atoms with van der Waals surface area (Å²) < 4.78 is 5.28. The molecule has 0 N–H and O–H groups in total. The van der Waals surface area contributed by atoms with Gasteiger partial charge in [-0.1, -0.05) is 6.07 Å². The molecule has 86 valence electrons. The van der Waals surface area contributed by atoms with Crippen molar-refractivity contribution < 1.29 is 4.42 Å². The number of benzene rings is 1. The molecule has 1 heterocycles. The van der Waals surface area contributed by atoms with Gasteiger partial charge in [0, 0.05) is 16.7 Å². The predicted molar refractivity (Wildman–Crippen MR) is 66.1 cm³/mol. The molecule has 0 atom stereocenters. The maximum absolute atomic E-state index is 9.17. The summed E-state index contributed by atoms with van der Waals surface area (Å²) in [5, 5.41) is 17.3. The van der Waals surface area contributed by atoms with E-state index in [0.29, 0.717) is 16.7 Å². The maximum Gasteiger partial charge on any atom is 0.281 e. The molecule has 17 heavy (non-hydrogen) atoms. The lowest BCUT2D eigenvalue weighted by molar-refractivity contribution is 0.429. The van der Waals surface area contributed by atoms with Crippen molar-refractivity contribution >= 4 is 23.5 Å². The van der Waals surface area contributed by atoms with Crippen LogP contribution in [0.2, 0.25) is 0 Å². The minimum atomic E-state index is 0.456. The molecule has 0 amide bonds. The summed E-state index contributed by atoms with van der Waals surface area (Å²) in [5.74, 6) is 0.520. The van der Waals surface area contributed by atoms with Gasteiger partial charge in [0.1, 0.15) is 6.07 Å². The summed E-state index contributed by atoms with van der Waals surface area (Å²) in [6.07, 6.45) is 1.95. The van der Waals surface area contributed by atoms with E-state index in [1.807, 2.05) is 24.5 Å². The first-order chi connectivity index (χ1) is 8.24. The van der Waals surface area contributed by atoms with Gasteiger partial charge in [-0.3, -0.25) is 0 Å². The van der Waals surface area contributed by atoms with Gasteiger partial charge in [0.2, 0.25) is 5.89 Å². The highest BCUT2D eigenvalue weighted by atomic mass is 32.2. The van der Waals surface area contributed by atoms with Gasteiger partial charge in [-0.25, -0.2) is 0 Å². The van der Waals surface area contributed by atoms with Crippen molar-refractivity contribution in [2.75, 3.05) is 6.26 Å². The second-order valence-corrected chi connectivity index (χ2v) is 4.98. The van der Waals surface area contributed by atoms with Gasteiger partial charge in [0.05, 0.1) is 5.56 Å². The average Bonchev–Trinajstić information content (AvgIpc) is 2.74. The highest BCUT2D eigenvalue weighted by molar-refractivity contribution is 7.99. The fourth-order valence-electron chi connectivity index (χ4n) is 1.29. The first-order valence-corrected chi connectivity index (χ1v) is 6.83. The van der Waals surface area contributed by atoms with Crippen LogP contribution in [-0.4, -0.2) is 16.5 Å². The van der Waals surface area contributed by atoms with Crippen LogP contribution in [0.15, 0.2) is 37.6 Å². The normalized spacial score (nSPS) is 10.2. The van der Waals surface area contributed by atoms with Crippen molar-refractivity contribution in [3.8, 4) is 6.07 Å². The maximum atomic E-state index is 9.17. The molecule has 0 unspecified atom stereocenters. The fraction of sp³-hybridized carbons (Fsp3) is 0.182. The number of hydrogen-bond donors (Lipinski definition) is 0. The lowest BCUT2D eigenvalue weighted by Crippen LogP contribution is -1.85. The van der Waals surface area contributed by atoms with E-state index in [4.69, 9.17) is 4.42 Å². The lowest BCUT2D eigenvalue weighted by Gasteiger charge is -2.04. The first kappa shape index (κ1) is 12.0. The summed E-state index contributed by atoms with van der Waals surface area (Å²) >= 11 is 2.86. The molecule has 0 spiro atoms. The van der Waals surface area contributed by atoms with Gasteiger partial charge in [-0.2, -0.15) is 5.26 Å². The van der Waals surface area contributed by atoms with Crippen LogP contribution >= 0.6 is 23.5 Å². The molecule has 0 radical (unpaired) electrons. The Bertz CT molecular complexity index is 574. The summed E-state index contributed by atoms with van der Waals surface area (Å²) in [5.41, 5.74) is 0.654. The molecule has 6 heteroatoms. The summed E-state index contributed by atoms with van der Waals surface area (Å²) in [6, 6.07) is 7.93. The second kappa shape index (κ2) is 5.25. The van der Waals surface area contributed by atoms with E-state index in [2.05, 4.69) is 16.3 Å². The number of aromatic nitrogens is 2. The molecule has 0 aliphatic rings. The Morgan fingerprint density at radius 2 is 2.06 bits per heavy atom. The number of aryl methyl sites for hydroxylation is 1. The first-order valence-electron chi connectivity index (χ1n) is 4.79. The topological polar surface area (TPSA) is 62.7 Å². The molecule has 0 bridgehead atoms. The van der Waals surface area contributed by atoms with Crippen LogP contribution in [0, 0.1) is 18.3 Å². The largest absolute Gasteiger partial charge is 0.416 e. The smallest absolute Gasteiger partial charge is 0.281 e. The van der Waals surface area contributed by atoms with Crippen molar-refractivity contribution in [3.63, 3.8) is 0 Å². The molecule has 2 rings (SSSR count). The summed E-state index contributed by atoms with van der Waals surface area (Å²) in [6.45, 7) is 1.74. The van der Waals surface area contributed by atoms with Crippen molar-refractivity contribution in [1.82, 2.24) is 10.2 Å². The average molecular weight is 263 g/mol. The van der Waals surface area contributed by atoms with E-state index in [1.165, 1.54) is 11.8 Å². The molecule has 4 nitrogen and oxygen atoms in total. The molecule has 1 aromatic heterocycles. The molecule has 0 aliphatic heterocycles. The number of nitriles is 1. The SMILES string of the molecule is CSc1cccc(Sc2nnc(C)o2)c1C#N. The molecular formula is C11H9N3OS2. The molecule has 0 saturated carbocycles. The van der Waals surface area contributed by atoms with Gasteiger partial charge in [-0.05, 0) is 30.2 Å². The Kier molecular flexibility index (Phi) is 3.71. The second-order valence-electron chi connectivity index (χ2n) is 3.13. The van der Waals surface area contributed by atoms with Gasteiger partial charge in [0.15, 0.2) is 0 Å². The Hall–Kier alpha value is -1.45. The summed E-state index contributed by atoms with van der Waals surface area (Å²) in [4.78, 5) is 1.79. The Morgan fingerprint density at radius 3 is 2.65 bits per heavy atom. The quantitative estimate of drug-likeness (QED) is 0.793. The predicted octanol–water partition coefficient (Wildman–Crippen LogP) is 3.12. The van der Waals surface area contributed by atoms with E-state index in [9.17, 15) is 5.26 Å². The zero-order chi connectivity index (χ0) is 12.3. The zero-order valence-electron chi connectivity index (χ0n) is 9.30. The van der Waals surface area contributed by atoms with Crippen LogP contribution in [0.25, 0.3) is 0 Å². The van der Waals surface area contributed by atoms with Crippen LogP contribution in [0.1, 0.15) is 11.5 Å². The van der Waals surface area contributed by atoms with Crippen LogP contribution < -0.4 is 0 Å². The minimum absolute atomic E-state index is 0.456. The van der Waals surface area contributed by atoms with Gasteiger partial charge < -0.3 is 4.42 Å². The Balaban J connectivity index is 2.36. The number of rotatable bonds is 3. The number of thioether (sulfide) groups is 1. The highest BCUT2D eigenvalue weighted by Gasteiger charge is 2.11. The summed E-state index contributed by atoms with van der Waals surface area (Å²) in [7, 11) is 0. The molecule has 0 fully saturated rings. The van der Waals surface area contributed by atoms with Gasteiger partial charge in [-0.15, -0.1) is 22.0 Å². The van der Waals surface area contributed by atoms with E-state index in [1.54, 1.807) is 18.7 Å². The van der Waals surface area contributed by atoms with E-state index in [-0.39, 0.29) is 0 Å². The fourth-order valence-corrected chi connectivity index (χ4v) is 2.77. The van der Waals surface area contributed by atoms with E-state index in [0.717, 1.165) is 9.79 Å². The van der Waals surface area contributed by atoms with Gasteiger partial charge in [0.25, 0.3) is 5.22 Å². The van der Waals surface area contributed by atoms with Crippen molar-refractivity contribution in [2.24, 2.45) is 0 Å². The van der Waals surface area contributed by atoms with Crippen molar-refractivity contribution in [2.45, 2.75) is 21.9 Å². The standard InChI is InChI=1S/C11H9N3OS2/c1-7-13-14-11(15-7)17-10-5-3-4-9(16-2)8(10)6-12/h3-5H,1-2H3. The van der Waals surface area contributed by atoms with Crippen LogP contribution in [0.5, 0.6) is 0 Å². The Morgan fingerprint density at radius 1 is 1.29 bits per heavy atom. The van der Waals surface area contributed by atoms with Crippen molar-refractivity contribution in [3.05, 3.63) is 29.7 Å². The molecule has 0 saturated heterocycles. The third-order valence-corrected chi connectivity index (χ3v) is 3.70. The number of hydrogen-bond acceptors (Lipinski definition) is 6. The third kappa shape index (κ3) is 2.62. The van der Waals surface area contributed by atoms with E-state index >= 15 is 0 Å². The minimum Gasteiger partial charge on any atom is -0.416 e. The van der Waals surface area contributed by atoms with Crippen LogP contribution in [0.3, 0.4) is 0 Å². The van der Waals surface area contributed by atoms with E-state index < -0.39 is 0 Å². The third-order valence-electron chi connectivity index (χ3n) is 2.02. The number of nitrogens with zero attached hydrogens (tertiary/aromatic N) is 3. The molecule has 2 aromatic rings. The molecular weight excluding hydrogens is 254 g/mol. The van der Waals surface area contributed by atoms with Crippen LogP contribution in [-0.2, 0) is 0 Å². The Labute approximate surface area is 107 Å². The zero-order valence-corrected chi connectivity index (χ0v) is 10.9. The highest BCUT2D eigenvalue weighted by Crippen LogP contribution is 2.33. The molecule has 1 aromatic carbocycles. The molecule has 0 aliphatic carbocycles. The van der Waals surface area contributed by atoms with Crippen molar-refractivity contribution in [1.29, 1.82) is 5.26 Å². The lowest BCUT2D eigenvalue weighted by atomic mass is 10.2.